The zero-order valence-electron chi connectivity index (χ0n) is 16.9. The summed E-state index contributed by atoms with van der Waals surface area (Å²) in [6, 6.07) is 13.7. The maximum Gasteiger partial charge on any atom is 0.339 e. The molecule has 9 heteroatoms. The number of carbonyl (C=O) groups excluding carboxylic acids is 2. The fraction of sp³-hybridized carbons (Fsp3) is 0.333. The van der Waals surface area contributed by atoms with E-state index in [2.05, 4.69) is 9.64 Å². The third-order valence-corrected chi connectivity index (χ3v) is 6.94. The topological polar surface area (TPSA) is 93.2 Å². The molecule has 8 nitrogen and oxygen atoms in total. The summed E-state index contributed by atoms with van der Waals surface area (Å²) in [4.78, 5) is 25.9. The van der Waals surface area contributed by atoms with E-state index in [1.54, 1.807) is 0 Å². The van der Waals surface area contributed by atoms with Crippen LogP contribution in [-0.2, 0) is 26.0 Å². The second-order valence-corrected chi connectivity index (χ2v) is 8.77. The maximum absolute atomic E-state index is 13.3. The van der Waals surface area contributed by atoms with Crippen molar-refractivity contribution in [2.75, 3.05) is 40.4 Å². The number of hydrogen-bond acceptors (Lipinski definition) is 7. The minimum absolute atomic E-state index is 0.0476. The highest BCUT2D eigenvalue weighted by Crippen LogP contribution is 2.24. The zero-order valence-corrected chi connectivity index (χ0v) is 17.7. The van der Waals surface area contributed by atoms with E-state index >= 15 is 0 Å². The minimum atomic E-state index is -4.01. The number of hydrogen-bond donors (Lipinski definition) is 0. The zero-order chi connectivity index (χ0) is 21.7. The first-order valence-corrected chi connectivity index (χ1v) is 10.9. The van der Waals surface area contributed by atoms with Gasteiger partial charge < -0.3 is 9.47 Å². The number of carbonyl (C=O) groups is 2. The van der Waals surface area contributed by atoms with Crippen LogP contribution in [0.4, 0.5) is 0 Å². The normalized spacial score (nSPS) is 15.5. The van der Waals surface area contributed by atoms with E-state index in [1.165, 1.54) is 36.7 Å². The molecule has 3 rings (SSSR count). The number of ether oxygens (including phenoxy) is 2. The van der Waals surface area contributed by atoms with E-state index in [0.29, 0.717) is 13.1 Å². The Balaban J connectivity index is 1.82. The summed E-state index contributed by atoms with van der Waals surface area (Å²) in [5, 5.41) is 0. The molecule has 1 heterocycles. The average molecular weight is 432 g/mol. The van der Waals surface area contributed by atoms with Crippen molar-refractivity contribution in [1.29, 1.82) is 0 Å². The predicted molar refractivity (Wildman–Crippen MR) is 110 cm³/mol. The van der Waals surface area contributed by atoms with Crippen LogP contribution in [0, 0.1) is 0 Å². The highest BCUT2D eigenvalue weighted by Gasteiger charge is 2.33. The molecule has 0 N–H and O–H groups in total. The van der Waals surface area contributed by atoms with Gasteiger partial charge in [-0.1, -0.05) is 30.3 Å². The lowest BCUT2D eigenvalue weighted by molar-refractivity contribution is 0.0583. The first kappa shape index (κ1) is 21.9. The fourth-order valence-electron chi connectivity index (χ4n) is 3.37. The van der Waals surface area contributed by atoms with Gasteiger partial charge in [0, 0.05) is 32.7 Å². The van der Waals surface area contributed by atoms with Crippen molar-refractivity contribution >= 4 is 22.0 Å². The van der Waals surface area contributed by atoms with Gasteiger partial charge in [0.05, 0.1) is 30.2 Å². The van der Waals surface area contributed by atoms with E-state index in [1.807, 2.05) is 30.3 Å². The predicted octanol–water partition coefficient (Wildman–Crippen LogP) is 1.77. The van der Waals surface area contributed by atoms with Crippen molar-refractivity contribution in [2.24, 2.45) is 0 Å². The van der Waals surface area contributed by atoms with Crippen LogP contribution in [-0.4, -0.2) is 70.0 Å². The number of esters is 2. The second-order valence-electron chi connectivity index (χ2n) is 6.86. The molecule has 0 aromatic heterocycles. The third-order valence-electron chi connectivity index (χ3n) is 5.01. The van der Waals surface area contributed by atoms with Gasteiger partial charge in [-0.05, 0) is 23.8 Å². The second kappa shape index (κ2) is 9.38. The number of benzene rings is 2. The first-order valence-electron chi connectivity index (χ1n) is 9.44. The molecule has 0 unspecified atom stereocenters. The Kier molecular flexibility index (Phi) is 6.86. The molecule has 160 valence electrons. The van der Waals surface area contributed by atoms with Gasteiger partial charge in [-0.2, -0.15) is 4.31 Å². The largest absolute Gasteiger partial charge is 0.465 e. The van der Waals surface area contributed by atoms with Gasteiger partial charge in [0.1, 0.15) is 0 Å². The first-order chi connectivity index (χ1) is 14.4. The Labute approximate surface area is 176 Å². The van der Waals surface area contributed by atoms with Crippen LogP contribution in [0.2, 0.25) is 0 Å². The summed E-state index contributed by atoms with van der Waals surface area (Å²) < 4.78 is 37.3. The quantitative estimate of drug-likeness (QED) is 0.642. The van der Waals surface area contributed by atoms with E-state index < -0.39 is 22.0 Å². The van der Waals surface area contributed by atoms with E-state index in [9.17, 15) is 18.0 Å². The smallest absolute Gasteiger partial charge is 0.339 e. The molecule has 2 aromatic carbocycles. The van der Waals surface area contributed by atoms with Crippen molar-refractivity contribution < 1.29 is 27.5 Å². The summed E-state index contributed by atoms with van der Waals surface area (Å²) >= 11 is 0. The number of nitrogens with zero attached hydrogens (tertiary/aromatic N) is 2. The molecular formula is C21H24N2O6S. The number of piperazine rings is 1. The number of methoxy groups -OCH3 is 2. The standard InChI is InChI=1S/C21H24N2O6S/c1-28-20(24)17-8-9-18(21(25)29-2)19(14-17)30(26,27)23-12-10-22(11-13-23)15-16-6-4-3-5-7-16/h3-9,14H,10-13,15H2,1-2H3. The Morgan fingerprint density at radius 2 is 1.53 bits per heavy atom. The average Bonchev–Trinajstić information content (AvgIpc) is 2.78. The van der Waals surface area contributed by atoms with Crippen LogP contribution >= 0.6 is 0 Å². The van der Waals surface area contributed by atoms with Crippen molar-refractivity contribution in [3.8, 4) is 0 Å². The lowest BCUT2D eigenvalue weighted by atomic mass is 10.1. The Morgan fingerprint density at radius 3 is 2.13 bits per heavy atom. The van der Waals surface area contributed by atoms with Crippen LogP contribution in [0.15, 0.2) is 53.4 Å². The van der Waals surface area contributed by atoms with E-state index in [-0.39, 0.29) is 29.1 Å². The SMILES string of the molecule is COC(=O)c1ccc(C(=O)OC)c(S(=O)(=O)N2CCN(Cc3ccccc3)CC2)c1. The van der Waals surface area contributed by atoms with E-state index in [4.69, 9.17) is 4.74 Å². The monoisotopic (exact) mass is 432 g/mol. The molecule has 1 aliphatic heterocycles. The molecule has 0 aliphatic carbocycles. The fourth-order valence-corrected chi connectivity index (χ4v) is 5.00. The van der Waals surface area contributed by atoms with Gasteiger partial charge in [-0.3, -0.25) is 4.90 Å². The summed E-state index contributed by atoms with van der Waals surface area (Å²) in [6.45, 7) is 2.40. The van der Waals surface area contributed by atoms with Gasteiger partial charge >= 0.3 is 11.9 Å². The lowest BCUT2D eigenvalue weighted by Crippen LogP contribution is -2.48. The molecule has 0 spiro atoms. The molecule has 1 aliphatic rings. The van der Waals surface area contributed by atoms with Gasteiger partial charge in [0.15, 0.2) is 0 Å². The Bertz CT molecular complexity index is 1020. The van der Waals surface area contributed by atoms with Gasteiger partial charge in [-0.15, -0.1) is 0 Å². The number of rotatable bonds is 6. The summed E-state index contributed by atoms with van der Waals surface area (Å²) in [5.41, 5.74) is 1.09. The highest BCUT2D eigenvalue weighted by molar-refractivity contribution is 7.89. The molecule has 2 aromatic rings. The van der Waals surface area contributed by atoms with Crippen LogP contribution in [0.1, 0.15) is 26.3 Å². The Morgan fingerprint density at radius 1 is 0.900 bits per heavy atom. The summed E-state index contributed by atoms with van der Waals surface area (Å²) in [7, 11) is -1.63. The van der Waals surface area contributed by atoms with Gasteiger partial charge in [0.25, 0.3) is 0 Å². The van der Waals surface area contributed by atoms with Crippen LogP contribution < -0.4 is 0 Å². The van der Waals surface area contributed by atoms with Crippen molar-refractivity contribution in [1.82, 2.24) is 9.21 Å². The Hall–Kier alpha value is -2.75. The van der Waals surface area contributed by atoms with Crippen molar-refractivity contribution in [2.45, 2.75) is 11.4 Å². The lowest BCUT2D eigenvalue weighted by Gasteiger charge is -2.34. The summed E-state index contributed by atoms with van der Waals surface area (Å²) in [5.74, 6) is -1.47. The molecule has 0 saturated carbocycles. The van der Waals surface area contributed by atoms with Gasteiger partial charge in [-0.25, -0.2) is 18.0 Å². The number of sulfonamides is 1. The molecule has 0 bridgehead atoms. The van der Waals surface area contributed by atoms with Gasteiger partial charge in [0.2, 0.25) is 10.0 Å². The molecule has 1 saturated heterocycles. The van der Waals surface area contributed by atoms with Crippen molar-refractivity contribution in [3.05, 3.63) is 65.2 Å². The van der Waals surface area contributed by atoms with E-state index in [0.717, 1.165) is 12.1 Å². The van der Waals surface area contributed by atoms with Crippen LogP contribution in [0.5, 0.6) is 0 Å². The van der Waals surface area contributed by atoms with Crippen molar-refractivity contribution in [3.63, 3.8) is 0 Å². The van der Waals surface area contributed by atoms with Crippen LogP contribution in [0.3, 0.4) is 0 Å². The highest BCUT2D eigenvalue weighted by atomic mass is 32.2. The maximum atomic E-state index is 13.3. The molecule has 0 amide bonds. The molecule has 30 heavy (non-hydrogen) atoms. The molecule has 1 fully saturated rings. The molecular weight excluding hydrogens is 408 g/mol. The van der Waals surface area contributed by atoms with Crippen LogP contribution in [0.25, 0.3) is 0 Å². The molecule has 0 radical (unpaired) electrons. The minimum Gasteiger partial charge on any atom is -0.465 e. The summed E-state index contributed by atoms with van der Waals surface area (Å²) in [6.07, 6.45) is 0. The third kappa shape index (κ3) is 4.69. The molecule has 0 atom stereocenters.